The number of para-hydroxylation sites is 2. The molecular formula is C17H12N2O3. The quantitative estimate of drug-likeness (QED) is 0.784. The van der Waals surface area contributed by atoms with E-state index in [0.717, 1.165) is 11.3 Å². The van der Waals surface area contributed by atoms with Gasteiger partial charge < -0.3 is 14.3 Å². The van der Waals surface area contributed by atoms with Gasteiger partial charge in [-0.15, -0.1) is 0 Å². The smallest absolute Gasteiger partial charge is 0.312 e. The van der Waals surface area contributed by atoms with Gasteiger partial charge in [0.25, 0.3) is 0 Å². The SMILES string of the molecule is Oc1oc(-c2ccccc2)nc1C1=Nc2ccccc2OC1. The lowest BCUT2D eigenvalue weighted by atomic mass is 10.2. The van der Waals surface area contributed by atoms with Crippen molar-refractivity contribution in [3.8, 4) is 23.1 Å². The van der Waals surface area contributed by atoms with Crippen molar-refractivity contribution in [2.45, 2.75) is 0 Å². The Bertz CT molecular complexity index is 853. The van der Waals surface area contributed by atoms with Gasteiger partial charge in [-0.1, -0.05) is 30.3 Å². The fourth-order valence-electron chi connectivity index (χ4n) is 2.32. The highest BCUT2D eigenvalue weighted by Gasteiger charge is 2.22. The van der Waals surface area contributed by atoms with Crippen LogP contribution in [0.25, 0.3) is 11.5 Å². The molecule has 2 heterocycles. The molecule has 0 radical (unpaired) electrons. The van der Waals surface area contributed by atoms with Crippen LogP contribution in [0.1, 0.15) is 5.69 Å². The lowest BCUT2D eigenvalue weighted by molar-refractivity contribution is 0.334. The summed E-state index contributed by atoms with van der Waals surface area (Å²) in [7, 11) is 0. The third-order valence-electron chi connectivity index (χ3n) is 3.39. The van der Waals surface area contributed by atoms with Crippen molar-refractivity contribution in [2.75, 3.05) is 6.61 Å². The normalized spacial score (nSPS) is 13.2. The second-order valence-electron chi connectivity index (χ2n) is 4.85. The average Bonchev–Trinajstić information content (AvgIpc) is 2.97. The van der Waals surface area contributed by atoms with Gasteiger partial charge in [-0.05, 0) is 24.3 Å². The summed E-state index contributed by atoms with van der Waals surface area (Å²) < 4.78 is 11.0. The molecular weight excluding hydrogens is 280 g/mol. The molecule has 1 aliphatic rings. The van der Waals surface area contributed by atoms with Gasteiger partial charge in [0, 0.05) is 5.56 Å². The van der Waals surface area contributed by atoms with E-state index < -0.39 is 0 Å². The van der Waals surface area contributed by atoms with E-state index >= 15 is 0 Å². The zero-order valence-electron chi connectivity index (χ0n) is 11.6. The second kappa shape index (κ2) is 5.04. The van der Waals surface area contributed by atoms with Gasteiger partial charge in [0.2, 0.25) is 5.89 Å². The Balaban J connectivity index is 1.76. The Morgan fingerprint density at radius 3 is 2.59 bits per heavy atom. The first-order valence-corrected chi connectivity index (χ1v) is 6.86. The Hall–Kier alpha value is -3.08. The summed E-state index contributed by atoms with van der Waals surface area (Å²) in [5, 5.41) is 10.0. The number of benzene rings is 2. The maximum absolute atomic E-state index is 10.0. The molecule has 22 heavy (non-hydrogen) atoms. The molecule has 0 unspecified atom stereocenters. The lowest BCUT2D eigenvalue weighted by Crippen LogP contribution is -2.16. The van der Waals surface area contributed by atoms with E-state index in [1.165, 1.54) is 0 Å². The van der Waals surface area contributed by atoms with Crippen molar-refractivity contribution in [1.82, 2.24) is 4.98 Å². The van der Waals surface area contributed by atoms with Crippen LogP contribution in [0.4, 0.5) is 5.69 Å². The molecule has 1 N–H and O–H groups in total. The van der Waals surface area contributed by atoms with Crippen LogP contribution in [0, 0.1) is 0 Å². The van der Waals surface area contributed by atoms with Crippen LogP contribution in [0.5, 0.6) is 11.7 Å². The monoisotopic (exact) mass is 292 g/mol. The average molecular weight is 292 g/mol. The van der Waals surface area contributed by atoms with Crippen molar-refractivity contribution in [3.05, 3.63) is 60.3 Å². The van der Waals surface area contributed by atoms with E-state index in [2.05, 4.69) is 9.98 Å². The first kappa shape index (κ1) is 12.6. The minimum absolute atomic E-state index is 0.241. The molecule has 4 rings (SSSR count). The van der Waals surface area contributed by atoms with Crippen LogP contribution < -0.4 is 4.74 Å². The summed E-state index contributed by atoms with van der Waals surface area (Å²) in [6.45, 7) is 0.241. The number of oxazole rings is 1. The third-order valence-corrected chi connectivity index (χ3v) is 3.39. The topological polar surface area (TPSA) is 67.9 Å². The second-order valence-corrected chi connectivity index (χ2v) is 4.85. The number of fused-ring (bicyclic) bond motifs is 1. The number of hydrogen-bond donors (Lipinski definition) is 1. The third kappa shape index (κ3) is 2.13. The first-order valence-electron chi connectivity index (χ1n) is 6.86. The lowest BCUT2D eigenvalue weighted by Gasteiger charge is -2.15. The summed E-state index contributed by atoms with van der Waals surface area (Å²) >= 11 is 0. The summed E-state index contributed by atoms with van der Waals surface area (Å²) in [6, 6.07) is 16.9. The number of aromatic nitrogens is 1. The van der Waals surface area contributed by atoms with E-state index in [4.69, 9.17) is 9.15 Å². The summed E-state index contributed by atoms with van der Waals surface area (Å²) in [5.74, 6) is 0.827. The maximum atomic E-state index is 10.0. The summed E-state index contributed by atoms with van der Waals surface area (Å²) in [6.07, 6.45) is 0. The van der Waals surface area contributed by atoms with Gasteiger partial charge in [0.05, 0.1) is 0 Å². The number of ether oxygens (including phenoxy) is 1. The van der Waals surface area contributed by atoms with E-state index in [-0.39, 0.29) is 12.6 Å². The molecule has 3 aromatic rings. The van der Waals surface area contributed by atoms with Gasteiger partial charge >= 0.3 is 5.95 Å². The highest BCUT2D eigenvalue weighted by Crippen LogP contribution is 2.33. The Morgan fingerprint density at radius 1 is 0.955 bits per heavy atom. The number of aliphatic imine (C=N–C) groups is 1. The number of nitrogens with zero attached hydrogens (tertiary/aromatic N) is 2. The molecule has 0 spiro atoms. The molecule has 1 aliphatic heterocycles. The molecule has 0 bridgehead atoms. The van der Waals surface area contributed by atoms with Crippen molar-refractivity contribution in [2.24, 2.45) is 4.99 Å². The van der Waals surface area contributed by atoms with Gasteiger partial charge in [0.15, 0.2) is 5.69 Å². The maximum Gasteiger partial charge on any atom is 0.312 e. The van der Waals surface area contributed by atoms with E-state index in [1.54, 1.807) is 0 Å². The standard InChI is InChI=1S/C17H12N2O3/c20-17-15(19-16(22-17)11-6-2-1-3-7-11)13-10-21-14-9-5-4-8-12(14)18-13/h1-9,20H,10H2. The van der Waals surface area contributed by atoms with E-state index in [1.807, 2.05) is 54.6 Å². The van der Waals surface area contributed by atoms with Gasteiger partial charge in [-0.25, -0.2) is 9.98 Å². The van der Waals surface area contributed by atoms with Crippen LogP contribution in [0.3, 0.4) is 0 Å². The predicted molar refractivity (Wildman–Crippen MR) is 81.7 cm³/mol. The molecule has 2 aromatic carbocycles. The van der Waals surface area contributed by atoms with Gasteiger partial charge in [-0.3, -0.25) is 0 Å². The van der Waals surface area contributed by atoms with Crippen LogP contribution in [-0.4, -0.2) is 22.4 Å². The molecule has 5 heteroatoms. The van der Waals surface area contributed by atoms with Gasteiger partial charge in [0.1, 0.15) is 23.8 Å². The number of rotatable bonds is 2. The Labute approximate surface area is 126 Å². The first-order chi connectivity index (χ1) is 10.8. The highest BCUT2D eigenvalue weighted by atomic mass is 16.5. The predicted octanol–water partition coefficient (Wildman–Crippen LogP) is 3.56. The van der Waals surface area contributed by atoms with Crippen molar-refractivity contribution >= 4 is 11.4 Å². The minimum atomic E-state index is -0.249. The molecule has 0 fully saturated rings. The molecule has 0 saturated heterocycles. The van der Waals surface area contributed by atoms with Crippen molar-refractivity contribution in [1.29, 1.82) is 0 Å². The van der Waals surface area contributed by atoms with E-state index in [0.29, 0.717) is 23.0 Å². The zero-order chi connectivity index (χ0) is 14.9. The zero-order valence-corrected chi connectivity index (χ0v) is 11.6. The summed E-state index contributed by atoms with van der Waals surface area (Å²) in [4.78, 5) is 8.84. The number of aromatic hydroxyl groups is 1. The molecule has 0 atom stereocenters. The van der Waals surface area contributed by atoms with E-state index in [9.17, 15) is 5.11 Å². The molecule has 5 nitrogen and oxygen atoms in total. The highest BCUT2D eigenvalue weighted by molar-refractivity contribution is 6.04. The minimum Gasteiger partial charge on any atom is -0.485 e. The largest absolute Gasteiger partial charge is 0.485 e. The summed E-state index contributed by atoms with van der Waals surface area (Å²) in [5.41, 5.74) is 2.37. The fraction of sp³-hybridized carbons (Fsp3) is 0.0588. The van der Waals surface area contributed by atoms with Crippen molar-refractivity contribution < 1.29 is 14.3 Å². The number of hydrogen-bond acceptors (Lipinski definition) is 5. The van der Waals surface area contributed by atoms with Crippen molar-refractivity contribution in [3.63, 3.8) is 0 Å². The molecule has 108 valence electrons. The molecule has 1 aromatic heterocycles. The Morgan fingerprint density at radius 2 is 1.73 bits per heavy atom. The van der Waals surface area contributed by atoms with Crippen LogP contribution >= 0.6 is 0 Å². The van der Waals surface area contributed by atoms with Crippen LogP contribution in [0.15, 0.2) is 64.0 Å². The molecule has 0 amide bonds. The van der Waals surface area contributed by atoms with Crippen LogP contribution in [-0.2, 0) is 0 Å². The molecule has 0 aliphatic carbocycles. The molecule has 0 saturated carbocycles. The fourth-order valence-corrected chi connectivity index (χ4v) is 2.32. The van der Waals surface area contributed by atoms with Gasteiger partial charge in [-0.2, -0.15) is 0 Å². The Kier molecular flexibility index (Phi) is 2.89. The van der Waals surface area contributed by atoms with Crippen LogP contribution in [0.2, 0.25) is 0 Å².